The van der Waals surface area contributed by atoms with Crippen LogP contribution in [0.15, 0.2) is 18.2 Å². The van der Waals surface area contributed by atoms with Crippen LogP contribution in [0.3, 0.4) is 0 Å². The van der Waals surface area contributed by atoms with Crippen molar-refractivity contribution in [2.24, 2.45) is 0 Å². The van der Waals surface area contributed by atoms with Crippen molar-refractivity contribution >= 4 is 23.1 Å². The normalized spacial score (nSPS) is 23.3. The summed E-state index contributed by atoms with van der Waals surface area (Å²) in [5, 5.41) is 13.2. The van der Waals surface area contributed by atoms with Crippen LogP contribution in [-0.4, -0.2) is 17.5 Å². The summed E-state index contributed by atoms with van der Waals surface area (Å²) in [4.78, 5) is 0. The third-order valence-electron chi connectivity index (χ3n) is 3.55. The Balaban J connectivity index is 2.07. The average Bonchev–Trinajstić information content (AvgIpc) is 2.41. The number of nitrogens with zero attached hydrogens (tertiary/aromatic N) is 1. The Labute approximate surface area is 113 Å². The van der Waals surface area contributed by atoms with Crippen LogP contribution < -0.4 is 11.1 Å². The summed E-state index contributed by atoms with van der Waals surface area (Å²) < 4.78 is 0. The fraction of sp³-hybridized carbons (Fsp3) is 0.500. The van der Waals surface area contributed by atoms with Crippen molar-refractivity contribution in [3.63, 3.8) is 0 Å². The minimum absolute atomic E-state index is 0.479. The molecule has 1 aromatic carbocycles. The fourth-order valence-electron chi connectivity index (χ4n) is 2.50. The van der Waals surface area contributed by atoms with Gasteiger partial charge in [-0.1, -0.05) is 12.5 Å². The van der Waals surface area contributed by atoms with Gasteiger partial charge in [0.1, 0.15) is 6.07 Å². The third-order valence-corrected chi connectivity index (χ3v) is 4.64. The quantitative estimate of drug-likeness (QED) is 0.820. The van der Waals surface area contributed by atoms with E-state index < -0.39 is 0 Å². The van der Waals surface area contributed by atoms with Crippen LogP contribution in [0.25, 0.3) is 0 Å². The maximum absolute atomic E-state index is 8.97. The Bertz CT molecular complexity index is 453. The molecule has 2 atom stereocenters. The lowest BCUT2D eigenvalue weighted by atomic mass is 9.94. The van der Waals surface area contributed by atoms with E-state index in [1.165, 1.54) is 25.7 Å². The topological polar surface area (TPSA) is 61.8 Å². The van der Waals surface area contributed by atoms with E-state index in [1.54, 1.807) is 6.07 Å². The number of thioether (sulfide) groups is 1. The fourth-order valence-corrected chi connectivity index (χ4v) is 3.33. The molecule has 1 aliphatic carbocycles. The highest BCUT2D eigenvalue weighted by Gasteiger charge is 2.21. The van der Waals surface area contributed by atoms with Crippen LogP contribution in [0.2, 0.25) is 0 Å². The third kappa shape index (κ3) is 2.91. The molecule has 1 saturated carbocycles. The van der Waals surface area contributed by atoms with E-state index in [4.69, 9.17) is 11.0 Å². The van der Waals surface area contributed by atoms with Crippen molar-refractivity contribution in [2.45, 2.75) is 37.0 Å². The molecule has 0 amide bonds. The number of rotatable bonds is 3. The Hall–Kier alpha value is -1.34. The zero-order valence-electron chi connectivity index (χ0n) is 10.6. The van der Waals surface area contributed by atoms with Gasteiger partial charge in [-0.05, 0) is 37.7 Å². The van der Waals surface area contributed by atoms with Crippen LogP contribution in [0.4, 0.5) is 11.4 Å². The zero-order valence-corrected chi connectivity index (χ0v) is 11.5. The van der Waals surface area contributed by atoms with Crippen LogP contribution >= 0.6 is 11.8 Å². The van der Waals surface area contributed by atoms with E-state index in [0.29, 0.717) is 17.3 Å². The number of hydrogen-bond donors (Lipinski definition) is 2. The summed E-state index contributed by atoms with van der Waals surface area (Å²) in [6.45, 7) is 0. The molecule has 18 heavy (non-hydrogen) atoms. The molecule has 96 valence electrons. The average molecular weight is 261 g/mol. The zero-order chi connectivity index (χ0) is 13.0. The van der Waals surface area contributed by atoms with Gasteiger partial charge in [-0.15, -0.1) is 0 Å². The molecule has 0 radical (unpaired) electrons. The minimum Gasteiger partial charge on any atom is -0.396 e. The summed E-state index contributed by atoms with van der Waals surface area (Å²) in [5.41, 5.74) is 8.02. The highest BCUT2D eigenvalue weighted by atomic mass is 32.2. The molecule has 4 heteroatoms. The van der Waals surface area contributed by atoms with Crippen LogP contribution in [0, 0.1) is 11.3 Å². The summed E-state index contributed by atoms with van der Waals surface area (Å²) >= 11 is 1.95. The molecule has 0 spiro atoms. The summed E-state index contributed by atoms with van der Waals surface area (Å²) in [7, 11) is 0. The van der Waals surface area contributed by atoms with Gasteiger partial charge in [0.25, 0.3) is 0 Å². The molecule has 0 aromatic heterocycles. The Morgan fingerprint density at radius 3 is 3.00 bits per heavy atom. The minimum atomic E-state index is 0.479. The molecule has 2 rings (SSSR count). The molecule has 1 aromatic rings. The first-order valence-electron chi connectivity index (χ1n) is 6.32. The Morgan fingerprint density at radius 1 is 1.44 bits per heavy atom. The van der Waals surface area contributed by atoms with Gasteiger partial charge in [0, 0.05) is 11.3 Å². The van der Waals surface area contributed by atoms with Gasteiger partial charge in [0.05, 0.1) is 16.9 Å². The maximum Gasteiger partial charge on any atom is 0.101 e. The molecule has 0 saturated heterocycles. The largest absolute Gasteiger partial charge is 0.396 e. The highest BCUT2D eigenvalue weighted by Crippen LogP contribution is 2.31. The van der Waals surface area contributed by atoms with Gasteiger partial charge in [0.2, 0.25) is 0 Å². The number of nitrogens with one attached hydrogen (secondary N) is 1. The lowest BCUT2D eigenvalue weighted by Gasteiger charge is -2.29. The second kappa shape index (κ2) is 6.01. The monoisotopic (exact) mass is 261 g/mol. The smallest absolute Gasteiger partial charge is 0.101 e. The first-order chi connectivity index (χ1) is 8.74. The Morgan fingerprint density at radius 2 is 2.28 bits per heavy atom. The molecule has 2 unspecified atom stereocenters. The van der Waals surface area contributed by atoms with Crippen molar-refractivity contribution < 1.29 is 0 Å². The van der Waals surface area contributed by atoms with Gasteiger partial charge < -0.3 is 11.1 Å². The molecule has 0 heterocycles. The number of hydrogen-bond acceptors (Lipinski definition) is 4. The lowest BCUT2D eigenvalue weighted by Crippen LogP contribution is -2.28. The number of nitrogen functional groups attached to an aromatic ring is 1. The van der Waals surface area contributed by atoms with Crippen molar-refractivity contribution in [3.05, 3.63) is 23.8 Å². The van der Waals surface area contributed by atoms with E-state index in [1.807, 2.05) is 23.9 Å². The van der Waals surface area contributed by atoms with Gasteiger partial charge in [-0.25, -0.2) is 0 Å². The standard InChI is InChI=1S/C14H19N3S/c1-18-12-6-3-5-11(8-12)17-13-7-2-4-10(9-15)14(13)16/h2,4,7,11-12,17H,3,5-6,8,16H2,1H3. The van der Waals surface area contributed by atoms with E-state index in [-0.39, 0.29) is 0 Å². The van der Waals surface area contributed by atoms with Crippen LogP contribution in [0.1, 0.15) is 31.2 Å². The van der Waals surface area contributed by atoms with Crippen molar-refractivity contribution in [3.8, 4) is 6.07 Å². The summed E-state index contributed by atoms with van der Waals surface area (Å²) in [5.74, 6) is 0. The molecule has 1 aliphatic rings. The maximum atomic E-state index is 8.97. The van der Waals surface area contributed by atoms with Gasteiger partial charge in [0.15, 0.2) is 0 Å². The SMILES string of the molecule is CSC1CCCC(Nc2cccc(C#N)c2N)C1. The molecule has 0 bridgehead atoms. The van der Waals surface area contributed by atoms with Crippen LogP contribution in [-0.2, 0) is 0 Å². The summed E-state index contributed by atoms with van der Waals surface area (Å²) in [6, 6.07) is 8.20. The van der Waals surface area contributed by atoms with E-state index >= 15 is 0 Å². The number of nitriles is 1. The number of para-hydroxylation sites is 1. The van der Waals surface area contributed by atoms with Gasteiger partial charge >= 0.3 is 0 Å². The molecule has 3 N–H and O–H groups in total. The number of benzene rings is 1. The van der Waals surface area contributed by atoms with Crippen molar-refractivity contribution in [1.82, 2.24) is 0 Å². The molecule has 3 nitrogen and oxygen atoms in total. The second-order valence-corrected chi connectivity index (χ2v) is 5.88. The van der Waals surface area contributed by atoms with E-state index in [2.05, 4.69) is 17.6 Å². The molecular weight excluding hydrogens is 242 g/mol. The Kier molecular flexibility index (Phi) is 4.38. The molecule has 0 aliphatic heterocycles. The molecule has 1 fully saturated rings. The summed E-state index contributed by atoms with van der Waals surface area (Å²) in [6.07, 6.45) is 7.12. The first kappa shape index (κ1) is 13.1. The highest BCUT2D eigenvalue weighted by molar-refractivity contribution is 7.99. The van der Waals surface area contributed by atoms with Gasteiger partial charge in [-0.2, -0.15) is 17.0 Å². The van der Waals surface area contributed by atoms with Crippen molar-refractivity contribution in [2.75, 3.05) is 17.3 Å². The van der Waals surface area contributed by atoms with Gasteiger partial charge in [-0.3, -0.25) is 0 Å². The van der Waals surface area contributed by atoms with E-state index in [9.17, 15) is 0 Å². The lowest BCUT2D eigenvalue weighted by molar-refractivity contribution is 0.474. The van der Waals surface area contributed by atoms with Crippen LogP contribution in [0.5, 0.6) is 0 Å². The molecular formula is C14H19N3S. The first-order valence-corrected chi connectivity index (χ1v) is 7.61. The predicted octanol–water partition coefficient (Wildman–Crippen LogP) is 3.23. The predicted molar refractivity (Wildman–Crippen MR) is 78.8 cm³/mol. The second-order valence-electron chi connectivity index (χ2n) is 4.74. The van der Waals surface area contributed by atoms with Crippen molar-refractivity contribution in [1.29, 1.82) is 5.26 Å². The van der Waals surface area contributed by atoms with E-state index in [0.717, 1.165) is 10.9 Å². The number of anilines is 2. The number of nitrogens with two attached hydrogens (primary N) is 1.